The molecule has 0 saturated carbocycles. The Labute approximate surface area is 102 Å². The number of halogens is 3. The molecule has 0 aromatic carbocycles. The van der Waals surface area contributed by atoms with Gasteiger partial charge in [-0.05, 0) is 29.7 Å². The van der Waals surface area contributed by atoms with E-state index >= 15 is 0 Å². The van der Waals surface area contributed by atoms with E-state index in [0.717, 1.165) is 16.0 Å². The summed E-state index contributed by atoms with van der Waals surface area (Å²) in [6, 6.07) is 3.60. The van der Waals surface area contributed by atoms with Crippen LogP contribution in [0, 0.1) is 0 Å². The third-order valence-electron chi connectivity index (χ3n) is 2.79. The zero-order valence-corrected chi connectivity index (χ0v) is 9.44. The normalized spacial score (nSPS) is 16.4. The Balaban J connectivity index is 2.07. The minimum Gasteiger partial charge on any atom is -0.331 e. The summed E-state index contributed by atoms with van der Waals surface area (Å²) in [5.41, 5.74) is 1.88. The summed E-state index contributed by atoms with van der Waals surface area (Å²) in [4.78, 5) is 15.7. The van der Waals surface area contributed by atoms with Crippen LogP contribution in [-0.2, 0) is 4.79 Å². The van der Waals surface area contributed by atoms with Gasteiger partial charge in [-0.15, -0.1) is 0 Å². The summed E-state index contributed by atoms with van der Waals surface area (Å²) in [5, 5.41) is 0. The zero-order valence-electron chi connectivity index (χ0n) is 9.44. The van der Waals surface area contributed by atoms with E-state index in [4.69, 9.17) is 0 Å². The molecule has 2 heterocycles. The van der Waals surface area contributed by atoms with Crippen molar-refractivity contribution in [3.8, 4) is 0 Å². The van der Waals surface area contributed by atoms with Crippen LogP contribution in [0.1, 0.15) is 12.0 Å². The van der Waals surface area contributed by atoms with Gasteiger partial charge in [0, 0.05) is 25.5 Å². The third-order valence-corrected chi connectivity index (χ3v) is 2.79. The van der Waals surface area contributed by atoms with Crippen molar-refractivity contribution in [1.29, 1.82) is 0 Å². The average molecular weight is 256 g/mol. The van der Waals surface area contributed by atoms with E-state index in [0.29, 0.717) is 6.42 Å². The number of carbonyl (C=O) groups excluding carboxylic acids is 1. The van der Waals surface area contributed by atoms with E-state index in [1.54, 1.807) is 30.6 Å². The molecule has 6 heteroatoms. The van der Waals surface area contributed by atoms with Gasteiger partial charge in [0.2, 0.25) is 0 Å². The van der Waals surface area contributed by atoms with Gasteiger partial charge >= 0.3 is 12.1 Å². The zero-order chi connectivity index (χ0) is 13.2. The lowest BCUT2D eigenvalue weighted by molar-refractivity contribution is -0.185. The molecular weight excluding hydrogens is 245 g/mol. The second-order valence-electron chi connectivity index (χ2n) is 3.96. The Morgan fingerprint density at radius 1 is 1.28 bits per heavy atom. The van der Waals surface area contributed by atoms with Crippen LogP contribution in [0.5, 0.6) is 0 Å². The Morgan fingerprint density at radius 2 is 1.94 bits per heavy atom. The highest BCUT2D eigenvalue weighted by molar-refractivity contribution is 5.83. The second kappa shape index (κ2) is 4.80. The van der Waals surface area contributed by atoms with Gasteiger partial charge in [0.1, 0.15) is 0 Å². The Bertz CT molecular complexity index is 468. The smallest absolute Gasteiger partial charge is 0.331 e. The lowest BCUT2D eigenvalue weighted by Gasteiger charge is -2.27. The van der Waals surface area contributed by atoms with Crippen LogP contribution >= 0.6 is 0 Å². The Kier molecular flexibility index (Phi) is 3.36. The number of hydrogen-bond donors (Lipinski definition) is 0. The van der Waals surface area contributed by atoms with Crippen molar-refractivity contribution in [2.24, 2.45) is 0 Å². The number of alkyl halides is 3. The first-order valence-electron chi connectivity index (χ1n) is 5.44. The van der Waals surface area contributed by atoms with Crippen LogP contribution in [-0.4, -0.2) is 35.1 Å². The first kappa shape index (κ1) is 12.6. The molecule has 0 unspecified atom stereocenters. The highest BCUT2D eigenvalue weighted by atomic mass is 19.4. The molecule has 0 spiro atoms. The van der Waals surface area contributed by atoms with Crippen molar-refractivity contribution in [3.05, 3.63) is 36.2 Å². The number of carbonyl (C=O) groups is 1. The molecule has 3 nitrogen and oxygen atoms in total. The number of hydrogen-bond acceptors (Lipinski definition) is 2. The molecule has 0 radical (unpaired) electrons. The Morgan fingerprint density at radius 3 is 2.44 bits per heavy atom. The lowest BCUT2D eigenvalue weighted by atomic mass is 10.0. The molecule has 0 aliphatic carbocycles. The van der Waals surface area contributed by atoms with E-state index in [2.05, 4.69) is 4.98 Å². The quantitative estimate of drug-likeness (QED) is 0.772. The molecule has 2 rings (SSSR count). The van der Waals surface area contributed by atoms with Gasteiger partial charge in [-0.25, -0.2) is 0 Å². The van der Waals surface area contributed by atoms with Crippen LogP contribution in [0.2, 0.25) is 0 Å². The molecule has 0 fully saturated rings. The first-order valence-corrected chi connectivity index (χ1v) is 5.44. The summed E-state index contributed by atoms with van der Waals surface area (Å²) < 4.78 is 36.7. The molecular formula is C12H11F3N2O. The third kappa shape index (κ3) is 2.69. The molecule has 1 aliphatic heterocycles. The van der Waals surface area contributed by atoms with Gasteiger partial charge < -0.3 is 4.90 Å². The fourth-order valence-corrected chi connectivity index (χ4v) is 1.86. The summed E-state index contributed by atoms with van der Waals surface area (Å²) in [5.74, 6) is -1.77. The molecule has 0 saturated heterocycles. The summed E-state index contributed by atoms with van der Waals surface area (Å²) >= 11 is 0. The van der Waals surface area contributed by atoms with E-state index < -0.39 is 12.1 Å². The first-order chi connectivity index (χ1) is 8.48. The van der Waals surface area contributed by atoms with Gasteiger partial charge in [0.15, 0.2) is 0 Å². The maximum atomic E-state index is 12.2. The Hall–Kier alpha value is -1.85. The van der Waals surface area contributed by atoms with E-state index in [-0.39, 0.29) is 13.1 Å². The fourth-order valence-electron chi connectivity index (χ4n) is 1.86. The van der Waals surface area contributed by atoms with Gasteiger partial charge in [-0.1, -0.05) is 6.08 Å². The number of rotatable bonds is 1. The largest absolute Gasteiger partial charge is 0.471 e. The number of amides is 1. The van der Waals surface area contributed by atoms with Gasteiger partial charge in [0.05, 0.1) is 0 Å². The van der Waals surface area contributed by atoms with Crippen molar-refractivity contribution in [2.75, 3.05) is 13.1 Å². The highest BCUT2D eigenvalue weighted by Gasteiger charge is 2.42. The summed E-state index contributed by atoms with van der Waals surface area (Å²) in [6.07, 6.45) is 0.545. The van der Waals surface area contributed by atoms with Crippen molar-refractivity contribution in [3.63, 3.8) is 0 Å². The standard InChI is InChI=1S/C12H11F3N2O/c13-12(14,15)11(18)17-7-3-10(4-8-17)9-1-5-16-6-2-9/h1-3,5-6H,4,7-8H2. The molecule has 1 aliphatic rings. The molecule has 18 heavy (non-hydrogen) atoms. The van der Waals surface area contributed by atoms with Crippen LogP contribution in [0.25, 0.3) is 5.57 Å². The minimum absolute atomic E-state index is 0.00397. The predicted molar refractivity (Wildman–Crippen MR) is 59.5 cm³/mol. The van der Waals surface area contributed by atoms with Crippen molar-refractivity contribution in [1.82, 2.24) is 9.88 Å². The maximum absolute atomic E-state index is 12.2. The average Bonchev–Trinajstić information content (AvgIpc) is 2.38. The highest BCUT2D eigenvalue weighted by Crippen LogP contribution is 2.25. The van der Waals surface area contributed by atoms with Crippen LogP contribution in [0.4, 0.5) is 13.2 Å². The molecule has 0 N–H and O–H groups in total. The van der Waals surface area contributed by atoms with Crippen molar-refractivity contribution >= 4 is 11.5 Å². The van der Waals surface area contributed by atoms with Crippen LogP contribution < -0.4 is 0 Å². The SMILES string of the molecule is O=C(N1CC=C(c2ccncc2)CC1)C(F)(F)F. The van der Waals surface area contributed by atoms with E-state index in [1.165, 1.54) is 0 Å². The predicted octanol–water partition coefficient (Wildman–Crippen LogP) is 2.26. The molecule has 0 bridgehead atoms. The van der Waals surface area contributed by atoms with Gasteiger partial charge in [-0.2, -0.15) is 13.2 Å². The van der Waals surface area contributed by atoms with Crippen molar-refractivity contribution < 1.29 is 18.0 Å². The number of nitrogens with zero attached hydrogens (tertiary/aromatic N) is 2. The summed E-state index contributed by atoms with van der Waals surface area (Å²) in [6.45, 7) is 0.0858. The molecule has 1 amide bonds. The topological polar surface area (TPSA) is 33.2 Å². The fraction of sp³-hybridized carbons (Fsp3) is 0.333. The van der Waals surface area contributed by atoms with E-state index in [9.17, 15) is 18.0 Å². The summed E-state index contributed by atoms with van der Waals surface area (Å²) in [7, 11) is 0. The number of aromatic nitrogens is 1. The molecule has 0 atom stereocenters. The molecule has 1 aromatic rings. The second-order valence-corrected chi connectivity index (χ2v) is 3.96. The minimum atomic E-state index is -4.79. The van der Waals surface area contributed by atoms with Gasteiger partial charge in [0.25, 0.3) is 0 Å². The maximum Gasteiger partial charge on any atom is 0.471 e. The molecule has 1 aromatic heterocycles. The monoisotopic (exact) mass is 256 g/mol. The van der Waals surface area contributed by atoms with Crippen molar-refractivity contribution in [2.45, 2.75) is 12.6 Å². The lowest BCUT2D eigenvalue weighted by Crippen LogP contribution is -2.43. The number of pyridine rings is 1. The van der Waals surface area contributed by atoms with Crippen LogP contribution in [0.3, 0.4) is 0 Å². The van der Waals surface area contributed by atoms with Crippen LogP contribution in [0.15, 0.2) is 30.6 Å². The van der Waals surface area contributed by atoms with E-state index in [1.807, 2.05) is 0 Å². The van der Waals surface area contributed by atoms with Gasteiger partial charge in [-0.3, -0.25) is 9.78 Å². The molecule has 96 valence electrons.